The summed E-state index contributed by atoms with van der Waals surface area (Å²) in [5, 5.41) is 3.08. The zero-order chi connectivity index (χ0) is 13.1. The monoisotopic (exact) mass is 251 g/mol. The third kappa shape index (κ3) is 2.57. The Morgan fingerprint density at radius 3 is 2.63 bits per heavy atom. The number of aromatic nitrogens is 1. The van der Waals surface area contributed by atoms with E-state index in [4.69, 9.17) is 10.2 Å². The van der Waals surface area contributed by atoms with Gasteiger partial charge in [0.05, 0.1) is 0 Å². The molecule has 0 fully saturated rings. The second-order valence-corrected chi connectivity index (χ2v) is 4.15. The molecule has 0 unspecified atom stereocenters. The fourth-order valence-electron chi connectivity index (χ4n) is 1.81. The highest BCUT2D eigenvalue weighted by Gasteiger charge is 2.05. The van der Waals surface area contributed by atoms with Crippen LogP contribution in [0.3, 0.4) is 0 Å². The first kappa shape index (κ1) is 11.3. The summed E-state index contributed by atoms with van der Waals surface area (Å²) in [7, 11) is 0. The van der Waals surface area contributed by atoms with Crippen molar-refractivity contribution in [3.63, 3.8) is 0 Å². The third-order valence-corrected chi connectivity index (χ3v) is 2.71. The van der Waals surface area contributed by atoms with E-state index in [1.165, 1.54) is 0 Å². The van der Waals surface area contributed by atoms with Gasteiger partial charge in [-0.25, -0.2) is 0 Å². The highest BCUT2D eigenvalue weighted by molar-refractivity contribution is 5.62. The van der Waals surface area contributed by atoms with Gasteiger partial charge in [0.1, 0.15) is 12.0 Å². The largest absolute Gasteiger partial charge is 0.431 e. The number of nitrogens with two attached hydrogens (primary N) is 1. The standard InChI is InChI=1S/C15H13N3O/c16-12-7-4-8-13(9-12)17-15-18-14(10-19-15)11-5-2-1-3-6-11/h1-10H,16H2,(H,17,18). The molecule has 0 radical (unpaired) electrons. The maximum absolute atomic E-state index is 5.72. The van der Waals surface area contributed by atoms with Crippen molar-refractivity contribution < 1.29 is 4.42 Å². The minimum atomic E-state index is 0.449. The van der Waals surface area contributed by atoms with Crippen LogP contribution in [-0.4, -0.2) is 4.98 Å². The third-order valence-electron chi connectivity index (χ3n) is 2.71. The smallest absolute Gasteiger partial charge is 0.299 e. The second-order valence-electron chi connectivity index (χ2n) is 4.15. The molecule has 0 aliphatic rings. The lowest BCUT2D eigenvalue weighted by atomic mass is 10.2. The van der Waals surface area contributed by atoms with Crippen LogP contribution >= 0.6 is 0 Å². The maximum Gasteiger partial charge on any atom is 0.299 e. The van der Waals surface area contributed by atoms with Crippen LogP contribution in [0.25, 0.3) is 11.3 Å². The highest BCUT2D eigenvalue weighted by atomic mass is 16.4. The number of nitrogens with zero attached hydrogens (tertiary/aromatic N) is 1. The van der Waals surface area contributed by atoms with Crippen molar-refractivity contribution in [2.45, 2.75) is 0 Å². The number of hydrogen-bond acceptors (Lipinski definition) is 4. The number of nitrogens with one attached hydrogen (secondary N) is 1. The molecule has 0 spiro atoms. The van der Waals surface area contributed by atoms with Gasteiger partial charge in [-0.05, 0) is 18.2 Å². The Labute approximate surface area is 110 Å². The Hall–Kier alpha value is -2.75. The Morgan fingerprint density at radius 1 is 1.00 bits per heavy atom. The molecule has 0 bridgehead atoms. The molecular weight excluding hydrogens is 238 g/mol. The summed E-state index contributed by atoms with van der Waals surface area (Å²) in [6.45, 7) is 0. The molecule has 0 saturated carbocycles. The molecule has 3 rings (SSSR count). The average molecular weight is 251 g/mol. The normalized spacial score (nSPS) is 10.3. The van der Waals surface area contributed by atoms with E-state index in [1.807, 2.05) is 54.6 Å². The van der Waals surface area contributed by atoms with Gasteiger partial charge in [-0.15, -0.1) is 0 Å². The number of benzene rings is 2. The first-order valence-corrected chi connectivity index (χ1v) is 5.95. The van der Waals surface area contributed by atoms with E-state index >= 15 is 0 Å². The van der Waals surface area contributed by atoms with Gasteiger partial charge in [0.25, 0.3) is 6.01 Å². The Bertz CT molecular complexity index is 677. The number of rotatable bonds is 3. The van der Waals surface area contributed by atoms with Gasteiger partial charge in [0.2, 0.25) is 0 Å². The molecule has 1 heterocycles. The Morgan fingerprint density at radius 2 is 1.84 bits per heavy atom. The molecular formula is C15H13N3O. The van der Waals surface area contributed by atoms with Crippen molar-refractivity contribution in [1.29, 1.82) is 0 Å². The fraction of sp³-hybridized carbons (Fsp3) is 0. The van der Waals surface area contributed by atoms with E-state index in [0.717, 1.165) is 16.9 Å². The number of oxazole rings is 1. The minimum absolute atomic E-state index is 0.449. The van der Waals surface area contributed by atoms with Crippen LogP contribution in [0.4, 0.5) is 17.4 Å². The number of nitrogen functional groups attached to an aromatic ring is 1. The van der Waals surface area contributed by atoms with E-state index in [2.05, 4.69) is 10.3 Å². The molecule has 0 aliphatic heterocycles. The van der Waals surface area contributed by atoms with Crippen LogP contribution in [0.15, 0.2) is 65.3 Å². The fourth-order valence-corrected chi connectivity index (χ4v) is 1.81. The van der Waals surface area contributed by atoms with Gasteiger partial charge >= 0.3 is 0 Å². The first-order chi connectivity index (χ1) is 9.31. The SMILES string of the molecule is Nc1cccc(Nc2nc(-c3ccccc3)co2)c1. The van der Waals surface area contributed by atoms with E-state index < -0.39 is 0 Å². The van der Waals surface area contributed by atoms with E-state index in [0.29, 0.717) is 11.7 Å². The molecule has 0 saturated heterocycles. The van der Waals surface area contributed by atoms with Crippen molar-refractivity contribution in [3.05, 3.63) is 60.9 Å². The summed E-state index contributed by atoms with van der Waals surface area (Å²) in [6.07, 6.45) is 1.63. The topological polar surface area (TPSA) is 64.1 Å². The van der Waals surface area contributed by atoms with E-state index in [-0.39, 0.29) is 0 Å². The van der Waals surface area contributed by atoms with Crippen molar-refractivity contribution >= 4 is 17.4 Å². The van der Waals surface area contributed by atoms with Crippen molar-refractivity contribution in [2.24, 2.45) is 0 Å². The van der Waals surface area contributed by atoms with Crippen LogP contribution in [0.2, 0.25) is 0 Å². The second kappa shape index (κ2) is 4.86. The Kier molecular flexibility index (Phi) is 2.90. The molecule has 3 aromatic rings. The van der Waals surface area contributed by atoms with Gasteiger partial charge in [-0.1, -0.05) is 36.4 Å². The molecule has 3 N–H and O–H groups in total. The maximum atomic E-state index is 5.72. The average Bonchev–Trinajstić information content (AvgIpc) is 2.88. The molecule has 19 heavy (non-hydrogen) atoms. The number of hydrogen-bond donors (Lipinski definition) is 2. The molecule has 1 aromatic heterocycles. The minimum Gasteiger partial charge on any atom is -0.431 e. The number of anilines is 3. The zero-order valence-corrected chi connectivity index (χ0v) is 10.2. The summed E-state index contributed by atoms with van der Waals surface area (Å²) in [6, 6.07) is 17.8. The van der Waals surface area contributed by atoms with Gasteiger partial charge < -0.3 is 15.5 Å². The van der Waals surface area contributed by atoms with Gasteiger partial charge in [0, 0.05) is 16.9 Å². The van der Waals surface area contributed by atoms with Crippen LogP contribution in [0, 0.1) is 0 Å². The summed E-state index contributed by atoms with van der Waals surface area (Å²) >= 11 is 0. The molecule has 94 valence electrons. The molecule has 2 aromatic carbocycles. The van der Waals surface area contributed by atoms with Gasteiger partial charge in [-0.3, -0.25) is 0 Å². The molecule has 0 atom stereocenters. The quantitative estimate of drug-likeness (QED) is 0.697. The summed E-state index contributed by atoms with van der Waals surface area (Å²) in [5.74, 6) is 0. The summed E-state index contributed by atoms with van der Waals surface area (Å²) in [5.41, 5.74) is 9.08. The van der Waals surface area contributed by atoms with Crippen LogP contribution in [0.1, 0.15) is 0 Å². The summed E-state index contributed by atoms with van der Waals surface area (Å²) in [4.78, 5) is 4.39. The zero-order valence-electron chi connectivity index (χ0n) is 10.2. The van der Waals surface area contributed by atoms with Crippen molar-refractivity contribution in [3.8, 4) is 11.3 Å². The lowest BCUT2D eigenvalue weighted by Gasteiger charge is -2.01. The molecule has 0 amide bonds. The van der Waals surface area contributed by atoms with Crippen LogP contribution < -0.4 is 11.1 Å². The lowest BCUT2D eigenvalue weighted by molar-refractivity contribution is 0.578. The predicted molar refractivity (Wildman–Crippen MR) is 76.1 cm³/mol. The van der Waals surface area contributed by atoms with Crippen molar-refractivity contribution in [2.75, 3.05) is 11.1 Å². The first-order valence-electron chi connectivity index (χ1n) is 5.95. The predicted octanol–water partition coefficient (Wildman–Crippen LogP) is 3.67. The summed E-state index contributed by atoms with van der Waals surface area (Å²) < 4.78 is 5.40. The van der Waals surface area contributed by atoms with Gasteiger partial charge in [-0.2, -0.15) is 4.98 Å². The Balaban J connectivity index is 1.82. The van der Waals surface area contributed by atoms with E-state index in [9.17, 15) is 0 Å². The molecule has 4 heteroatoms. The van der Waals surface area contributed by atoms with Crippen LogP contribution in [-0.2, 0) is 0 Å². The van der Waals surface area contributed by atoms with Gasteiger partial charge in [0.15, 0.2) is 0 Å². The molecule has 0 aliphatic carbocycles. The van der Waals surface area contributed by atoms with Crippen LogP contribution in [0.5, 0.6) is 0 Å². The molecule has 4 nitrogen and oxygen atoms in total. The lowest BCUT2D eigenvalue weighted by Crippen LogP contribution is -1.92. The van der Waals surface area contributed by atoms with E-state index in [1.54, 1.807) is 6.26 Å². The van der Waals surface area contributed by atoms with Crippen molar-refractivity contribution in [1.82, 2.24) is 4.98 Å². The highest BCUT2D eigenvalue weighted by Crippen LogP contribution is 2.23.